The molecule has 0 spiro atoms. The smallest absolute Gasteiger partial charge is 0.316 e. The van der Waals surface area contributed by atoms with Crippen molar-refractivity contribution in [3.63, 3.8) is 0 Å². The average molecular weight is 491 g/mol. The molecule has 3 atom stereocenters. The SMILES string of the molecule is COC(=O)[C@@H]1C(O)=C(C=N[C@H](C)CN=CC2=C(O)[C@H](C(=O)OC)C(C)(C)CC2=O)C(=O)CC1(C)C. The van der Waals surface area contributed by atoms with Crippen LogP contribution in [0.3, 0.4) is 0 Å². The number of ketones is 2. The molecule has 0 aliphatic heterocycles. The van der Waals surface area contributed by atoms with Gasteiger partial charge in [0.25, 0.3) is 0 Å². The molecule has 0 heterocycles. The molecule has 0 amide bonds. The van der Waals surface area contributed by atoms with E-state index in [0.717, 1.165) is 0 Å². The van der Waals surface area contributed by atoms with Crippen molar-refractivity contribution in [2.24, 2.45) is 32.7 Å². The van der Waals surface area contributed by atoms with Gasteiger partial charge in [-0.05, 0) is 17.8 Å². The molecule has 2 aliphatic carbocycles. The number of aliphatic hydroxyl groups excluding tert-OH is 2. The molecule has 10 heteroatoms. The number of hydrogen-bond donors (Lipinski definition) is 2. The summed E-state index contributed by atoms with van der Waals surface area (Å²) in [5.74, 6) is -4.68. The fraction of sp³-hybridized carbons (Fsp3) is 0.600. The summed E-state index contributed by atoms with van der Waals surface area (Å²) >= 11 is 0. The second kappa shape index (κ2) is 10.5. The number of ether oxygens (including phenoxy) is 2. The first-order valence-electron chi connectivity index (χ1n) is 11.3. The number of hydrogen-bond acceptors (Lipinski definition) is 10. The van der Waals surface area contributed by atoms with Gasteiger partial charge in [-0.25, -0.2) is 0 Å². The fourth-order valence-electron chi connectivity index (χ4n) is 4.48. The predicted molar refractivity (Wildman–Crippen MR) is 128 cm³/mol. The van der Waals surface area contributed by atoms with Crippen LogP contribution >= 0.6 is 0 Å². The zero-order chi connectivity index (χ0) is 26.7. The topological polar surface area (TPSA) is 152 Å². The quantitative estimate of drug-likeness (QED) is 0.408. The molecule has 2 rings (SSSR count). The summed E-state index contributed by atoms with van der Waals surface area (Å²) in [6.07, 6.45) is 2.52. The van der Waals surface area contributed by atoms with E-state index in [4.69, 9.17) is 9.47 Å². The van der Waals surface area contributed by atoms with E-state index in [2.05, 4.69) is 9.98 Å². The van der Waals surface area contributed by atoms with Crippen LogP contribution in [0.5, 0.6) is 0 Å². The van der Waals surface area contributed by atoms with E-state index in [0.29, 0.717) is 0 Å². The molecule has 0 aromatic carbocycles. The highest BCUT2D eigenvalue weighted by molar-refractivity contribution is 6.16. The minimum absolute atomic E-state index is 0.0396. The Morgan fingerprint density at radius 3 is 1.71 bits per heavy atom. The first-order chi connectivity index (χ1) is 16.2. The van der Waals surface area contributed by atoms with Gasteiger partial charge in [0.15, 0.2) is 11.6 Å². The van der Waals surface area contributed by atoms with Gasteiger partial charge >= 0.3 is 11.9 Å². The Hall–Kier alpha value is -3.30. The van der Waals surface area contributed by atoms with Crippen molar-refractivity contribution in [1.82, 2.24) is 0 Å². The number of carbonyl (C=O) groups excluding carboxylic acids is 4. The summed E-state index contributed by atoms with van der Waals surface area (Å²) in [5.41, 5.74) is -1.72. The minimum Gasteiger partial charge on any atom is -0.511 e. The maximum Gasteiger partial charge on any atom is 0.316 e. The molecule has 0 aromatic rings. The fourth-order valence-corrected chi connectivity index (χ4v) is 4.48. The third-order valence-electron chi connectivity index (χ3n) is 6.42. The van der Waals surface area contributed by atoms with Crippen LogP contribution in [0.2, 0.25) is 0 Å². The molecule has 2 N–H and O–H groups in total. The molecule has 35 heavy (non-hydrogen) atoms. The van der Waals surface area contributed by atoms with Gasteiger partial charge in [0.05, 0.1) is 38.0 Å². The van der Waals surface area contributed by atoms with Crippen molar-refractivity contribution in [3.05, 3.63) is 22.7 Å². The summed E-state index contributed by atoms with van der Waals surface area (Å²) in [7, 11) is 2.43. The first kappa shape index (κ1) is 27.9. The Bertz CT molecular complexity index is 1030. The minimum atomic E-state index is -0.987. The highest BCUT2D eigenvalue weighted by atomic mass is 16.5. The maximum absolute atomic E-state index is 12.5. The van der Waals surface area contributed by atoms with Crippen molar-refractivity contribution < 1.29 is 38.9 Å². The molecule has 2 aliphatic rings. The van der Waals surface area contributed by atoms with E-state index >= 15 is 0 Å². The Balaban J connectivity index is 2.21. The number of allylic oxidation sites excluding steroid dienone is 2. The van der Waals surface area contributed by atoms with Gasteiger partial charge in [0, 0.05) is 25.3 Å². The number of aliphatic hydroxyl groups is 2. The van der Waals surface area contributed by atoms with Crippen molar-refractivity contribution in [1.29, 1.82) is 0 Å². The van der Waals surface area contributed by atoms with Crippen LogP contribution in [-0.4, -0.2) is 73.0 Å². The highest BCUT2D eigenvalue weighted by Crippen LogP contribution is 2.42. The van der Waals surface area contributed by atoms with Crippen LogP contribution in [-0.2, 0) is 28.7 Å². The molecule has 0 fully saturated rings. The number of carbonyl (C=O) groups is 4. The van der Waals surface area contributed by atoms with Gasteiger partial charge in [-0.15, -0.1) is 0 Å². The van der Waals surface area contributed by atoms with E-state index in [1.165, 1.54) is 26.6 Å². The molecule has 192 valence electrons. The largest absolute Gasteiger partial charge is 0.511 e. The standard InChI is InChI=1S/C25H34N2O8/c1-13(27-12-15-17(29)9-25(4,5)19(21(15)31)23(33)35-7)10-26-11-14-16(28)8-24(2,3)18(20(14)30)22(32)34-6/h11-13,18-19,30-31H,8-10H2,1-7H3/t13-,18-,19+/m1/s1. The Labute approximate surface area is 204 Å². The molecule has 0 unspecified atom stereocenters. The van der Waals surface area contributed by atoms with Crippen molar-refractivity contribution >= 4 is 35.9 Å². The molecule has 0 aromatic heterocycles. The van der Waals surface area contributed by atoms with E-state index < -0.39 is 40.6 Å². The van der Waals surface area contributed by atoms with E-state index in [1.807, 2.05) is 0 Å². The van der Waals surface area contributed by atoms with E-state index in [-0.39, 0.29) is 53.6 Å². The van der Waals surface area contributed by atoms with Gasteiger partial charge in [-0.1, -0.05) is 27.7 Å². The lowest BCUT2D eigenvalue weighted by Gasteiger charge is -2.35. The lowest BCUT2D eigenvalue weighted by molar-refractivity contribution is -0.151. The zero-order valence-electron chi connectivity index (χ0n) is 21.2. The zero-order valence-corrected chi connectivity index (χ0v) is 21.2. The molecular weight excluding hydrogens is 456 g/mol. The summed E-state index contributed by atoms with van der Waals surface area (Å²) in [6.45, 7) is 8.62. The van der Waals surface area contributed by atoms with Gasteiger partial charge in [0.1, 0.15) is 23.4 Å². The molecule has 0 saturated carbocycles. The monoisotopic (exact) mass is 490 g/mol. The summed E-state index contributed by atoms with van der Waals surface area (Å²) in [4.78, 5) is 57.8. The molecule has 0 bridgehead atoms. The third-order valence-corrected chi connectivity index (χ3v) is 6.42. The highest BCUT2D eigenvalue weighted by Gasteiger charge is 2.47. The maximum atomic E-state index is 12.5. The van der Waals surface area contributed by atoms with E-state index in [1.54, 1.807) is 34.6 Å². The van der Waals surface area contributed by atoms with Crippen molar-refractivity contribution in [3.8, 4) is 0 Å². The van der Waals surface area contributed by atoms with Gasteiger partial charge in [0.2, 0.25) is 0 Å². The normalized spacial score (nSPS) is 25.3. The van der Waals surface area contributed by atoms with Crippen LogP contribution in [0.15, 0.2) is 32.6 Å². The third kappa shape index (κ3) is 5.86. The summed E-state index contributed by atoms with van der Waals surface area (Å²) < 4.78 is 9.57. The first-order valence-corrected chi connectivity index (χ1v) is 11.3. The number of aliphatic imine (C=N–C) groups is 2. The summed E-state index contributed by atoms with van der Waals surface area (Å²) in [5, 5.41) is 21.2. The van der Waals surface area contributed by atoms with Crippen molar-refractivity contribution in [2.45, 2.75) is 53.5 Å². The number of nitrogens with zero attached hydrogens (tertiary/aromatic N) is 2. The Morgan fingerprint density at radius 2 is 1.31 bits per heavy atom. The van der Waals surface area contributed by atoms with Gasteiger partial charge in [-0.2, -0.15) is 0 Å². The molecule has 0 radical (unpaired) electrons. The van der Waals surface area contributed by atoms with Crippen LogP contribution in [0.25, 0.3) is 0 Å². The molecule has 0 saturated heterocycles. The van der Waals surface area contributed by atoms with Crippen LogP contribution in [0.1, 0.15) is 47.5 Å². The van der Waals surface area contributed by atoms with E-state index in [9.17, 15) is 29.4 Å². The number of rotatable bonds is 7. The second-order valence-corrected chi connectivity index (χ2v) is 10.3. The van der Waals surface area contributed by atoms with Crippen LogP contribution in [0, 0.1) is 22.7 Å². The molecular formula is C25H34N2O8. The number of Topliss-reactive ketones (excluding diaryl/α,β-unsaturated/α-hetero) is 2. The predicted octanol–water partition coefficient (Wildman–Crippen LogP) is 2.72. The number of esters is 2. The van der Waals surface area contributed by atoms with Gasteiger partial charge in [-0.3, -0.25) is 29.2 Å². The Morgan fingerprint density at radius 1 is 0.914 bits per heavy atom. The van der Waals surface area contributed by atoms with Crippen LogP contribution in [0.4, 0.5) is 0 Å². The molecule has 10 nitrogen and oxygen atoms in total. The summed E-state index contributed by atoms with van der Waals surface area (Å²) in [6, 6.07) is -0.458. The lowest BCUT2D eigenvalue weighted by atomic mass is 9.68. The van der Waals surface area contributed by atoms with Crippen molar-refractivity contribution in [2.75, 3.05) is 20.8 Å². The van der Waals surface area contributed by atoms with Gasteiger partial charge < -0.3 is 19.7 Å². The lowest BCUT2D eigenvalue weighted by Crippen LogP contribution is -2.40. The average Bonchev–Trinajstić information content (AvgIpc) is 2.73. The van der Waals surface area contributed by atoms with Crippen LogP contribution < -0.4 is 0 Å². The Kier molecular flexibility index (Phi) is 8.41. The number of methoxy groups -OCH3 is 2. The second-order valence-electron chi connectivity index (χ2n) is 10.3.